The normalized spacial score (nSPS) is 16.6. The second kappa shape index (κ2) is 7.46. The SMILES string of the molecule is CC(C)CC(Cl)CNC(=O)c1cc2c(s1)CCCCC2. The van der Waals surface area contributed by atoms with Gasteiger partial charge in [-0.2, -0.15) is 0 Å². The number of thiophene rings is 1. The first-order valence-corrected chi connectivity index (χ1v) is 8.85. The summed E-state index contributed by atoms with van der Waals surface area (Å²) in [5.41, 5.74) is 1.39. The molecule has 1 aromatic heterocycles. The number of hydrogen-bond donors (Lipinski definition) is 1. The Morgan fingerprint density at radius 3 is 2.85 bits per heavy atom. The molecule has 0 radical (unpaired) electrons. The molecule has 1 unspecified atom stereocenters. The van der Waals surface area contributed by atoms with Crippen molar-refractivity contribution < 1.29 is 4.79 Å². The molecule has 1 N–H and O–H groups in total. The number of carbonyl (C=O) groups excluding carboxylic acids is 1. The molecule has 112 valence electrons. The molecule has 1 heterocycles. The molecule has 1 amide bonds. The van der Waals surface area contributed by atoms with Crippen molar-refractivity contribution in [3.63, 3.8) is 0 Å². The minimum absolute atomic E-state index is 0.0248. The van der Waals surface area contributed by atoms with Crippen LogP contribution in [0.4, 0.5) is 0 Å². The van der Waals surface area contributed by atoms with Gasteiger partial charge in [0.15, 0.2) is 0 Å². The number of fused-ring (bicyclic) bond motifs is 1. The van der Waals surface area contributed by atoms with E-state index in [0.29, 0.717) is 12.5 Å². The summed E-state index contributed by atoms with van der Waals surface area (Å²) < 4.78 is 0. The molecule has 0 aliphatic heterocycles. The maximum Gasteiger partial charge on any atom is 0.261 e. The van der Waals surface area contributed by atoms with E-state index in [1.165, 1.54) is 29.7 Å². The molecule has 0 aromatic carbocycles. The van der Waals surface area contributed by atoms with Crippen LogP contribution in [0.25, 0.3) is 0 Å². The van der Waals surface area contributed by atoms with Gasteiger partial charge in [-0.3, -0.25) is 4.79 Å². The van der Waals surface area contributed by atoms with E-state index in [0.717, 1.165) is 24.1 Å². The lowest BCUT2D eigenvalue weighted by atomic mass is 10.1. The second-order valence-corrected chi connectivity index (χ2v) is 7.81. The van der Waals surface area contributed by atoms with Gasteiger partial charge in [-0.15, -0.1) is 22.9 Å². The van der Waals surface area contributed by atoms with Crippen LogP contribution in [0.5, 0.6) is 0 Å². The van der Waals surface area contributed by atoms with Crippen molar-refractivity contribution >= 4 is 28.8 Å². The van der Waals surface area contributed by atoms with Crippen LogP contribution in [0, 0.1) is 5.92 Å². The molecule has 0 bridgehead atoms. The third-order valence-electron chi connectivity index (χ3n) is 3.68. The van der Waals surface area contributed by atoms with Gasteiger partial charge in [0.05, 0.1) is 10.3 Å². The molecule has 0 fully saturated rings. The predicted molar refractivity (Wildman–Crippen MR) is 87.0 cm³/mol. The van der Waals surface area contributed by atoms with Gasteiger partial charge in [-0.25, -0.2) is 0 Å². The van der Waals surface area contributed by atoms with Gasteiger partial charge in [-0.1, -0.05) is 20.3 Å². The molecule has 1 aliphatic rings. The summed E-state index contributed by atoms with van der Waals surface area (Å²) >= 11 is 7.89. The average Bonchev–Trinajstić information content (AvgIpc) is 2.67. The zero-order valence-corrected chi connectivity index (χ0v) is 13.9. The highest BCUT2D eigenvalue weighted by atomic mass is 35.5. The average molecular weight is 314 g/mol. The molecule has 4 heteroatoms. The smallest absolute Gasteiger partial charge is 0.261 e. The number of rotatable bonds is 5. The molecule has 1 atom stereocenters. The van der Waals surface area contributed by atoms with Crippen molar-refractivity contribution in [2.45, 2.75) is 57.7 Å². The van der Waals surface area contributed by atoms with Crippen LogP contribution < -0.4 is 5.32 Å². The third kappa shape index (κ3) is 4.49. The highest BCUT2D eigenvalue weighted by Gasteiger charge is 2.17. The molecule has 1 aromatic rings. The Hall–Kier alpha value is -0.540. The Bertz CT molecular complexity index is 432. The summed E-state index contributed by atoms with van der Waals surface area (Å²) in [6, 6.07) is 2.09. The second-order valence-electron chi connectivity index (χ2n) is 6.06. The van der Waals surface area contributed by atoms with Crippen LogP contribution in [0.3, 0.4) is 0 Å². The van der Waals surface area contributed by atoms with Crippen LogP contribution in [-0.2, 0) is 12.8 Å². The molecule has 0 spiro atoms. The van der Waals surface area contributed by atoms with E-state index < -0.39 is 0 Å². The largest absolute Gasteiger partial charge is 0.350 e. The first kappa shape index (κ1) is 15.8. The summed E-state index contributed by atoms with van der Waals surface area (Å²) in [5.74, 6) is 0.602. The standard InChI is InChI=1S/C16H24ClNOS/c1-11(2)8-13(17)10-18-16(19)15-9-12-6-4-3-5-7-14(12)20-15/h9,11,13H,3-8,10H2,1-2H3,(H,18,19). The van der Waals surface area contributed by atoms with Crippen LogP contribution in [0.15, 0.2) is 6.07 Å². The van der Waals surface area contributed by atoms with Gasteiger partial charge in [0, 0.05) is 11.4 Å². The summed E-state index contributed by atoms with van der Waals surface area (Å²) in [4.78, 5) is 14.4. The molecule has 1 aliphatic carbocycles. The Morgan fingerprint density at radius 2 is 2.10 bits per heavy atom. The van der Waals surface area contributed by atoms with E-state index in [1.54, 1.807) is 11.3 Å². The summed E-state index contributed by atoms with van der Waals surface area (Å²) in [5, 5.41) is 2.99. The topological polar surface area (TPSA) is 29.1 Å². The molecule has 0 saturated carbocycles. The monoisotopic (exact) mass is 313 g/mol. The Kier molecular flexibility index (Phi) is 5.91. The third-order valence-corrected chi connectivity index (χ3v) is 5.25. The van der Waals surface area contributed by atoms with Gasteiger partial charge >= 0.3 is 0 Å². The molecule has 20 heavy (non-hydrogen) atoms. The quantitative estimate of drug-likeness (QED) is 0.633. The van der Waals surface area contributed by atoms with Crippen molar-refractivity contribution in [2.24, 2.45) is 5.92 Å². The van der Waals surface area contributed by atoms with Crippen LogP contribution in [-0.4, -0.2) is 17.8 Å². The van der Waals surface area contributed by atoms with Crippen molar-refractivity contribution in [1.29, 1.82) is 0 Å². The fourth-order valence-electron chi connectivity index (χ4n) is 2.66. The Labute approximate surface area is 130 Å². The van der Waals surface area contributed by atoms with Gasteiger partial charge in [0.1, 0.15) is 0 Å². The maximum absolute atomic E-state index is 12.2. The minimum atomic E-state index is 0.0248. The summed E-state index contributed by atoms with van der Waals surface area (Å²) in [6.07, 6.45) is 7.02. The Balaban J connectivity index is 1.89. The van der Waals surface area contributed by atoms with Crippen molar-refractivity contribution in [2.75, 3.05) is 6.54 Å². The number of amides is 1. The number of alkyl halides is 1. The predicted octanol–water partition coefficient (Wildman–Crippen LogP) is 4.40. The molecular weight excluding hydrogens is 290 g/mol. The van der Waals surface area contributed by atoms with Gasteiger partial charge in [0.25, 0.3) is 5.91 Å². The van der Waals surface area contributed by atoms with E-state index >= 15 is 0 Å². The Morgan fingerprint density at radius 1 is 1.35 bits per heavy atom. The molecule has 2 nitrogen and oxygen atoms in total. The van der Waals surface area contributed by atoms with Crippen molar-refractivity contribution in [3.05, 3.63) is 21.4 Å². The first-order chi connectivity index (χ1) is 9.56. The van der Waals surface area contributed by atoms with Crippen molar-refractivity contribution in [1.82, 2.24) is 5.32 Å². The van der Waals surface area contributed by atoms with Crippen molar-refractivity contribution in [3.8, 4) is 0 Å². The summed E-state index contributed by atoms with van der Waals surface area (Å²) in [6.45, 7) is 4.85. The molecule has 0 saturated heterocycles. The fourth-order valence-corrected chi connectivity index (χ4v) is 4.27. The van der Waals surface area contributed by atoms with Crippen LogP contribution in [0.2, 0.25) is 0 Å². The zero-order valence-electron chi connectivity index (χ0n) is 12.4. The van der Waals surface area contributed by atoms with E-state index in [2.05, 4.69) is 25.2 Å². The highest BCUT2D eigenvalue weighted by Crippen LogP contribution is 2.28. The number of aryl methyl sites for hydroxylation is 2. The van der Waals surface area contributed by atoms with Crippen LogP contribution in [0.1, 0.15) is 59.6 Å². The number of carbonyl (C=O) groups is 1. The van der Waals surface area contributed by atoms with Gasteiger partial charge in [-0.05, 0) is 49.7 Å². The highest BCUT2D eigenvalue weighted by molar-refractivity contribution is 7.14. The lowest BCUT2D eigenvalue weighted by molar-refractivity contribution is 0.0957. The molecule has 2 rings (SSSR count). The zero-order chi connectivity index (χ0) is 14.5. The number of hydrogen-bond acceptors (Lipinski definition) is 2. The lowest BCUT2D eigenvalue weighted by Crippen LogP contribution is -2.29. The number of halogens is 1. The van der Waals surface area contributed by atoms with E-state index in [-0.39, 0.29) is 11.3 Å². The van der Waals surface area contributed by atoms with Gasteiger partial charge in [0.2, 0.25) is 0 Å². The number of nitrogens with one attached hydrogen (secondary N) is 1. The van der Waals surface area contributed by atoms with Crippen LogP contribution >= 0.6 is 22.9 Å². The first-order valence-electron chi connectivity index (χ1n) is 7.60. The maximum atomic E-state index is 12.2. The van der Waals surface area contributed by atoms with E-state index in [4.69, 9.17) is 11.6 Å². The summed E-state index contributed by atoms with van der Waals surface area (Å²) in [7, 11) is 0. The fraction of sp³-hybridized carbons (Fsp3) is 0.688. The lowest BCUT2D eigenvalue weighted by Gasteiger charge is -2.12. The van der Waals surface area contributed by atoms with Gasteiger partial charge < -0.3 is 5.32 Å². The molecular formula is C16H24ClNOS. The van der Waals surface area contributed by atoms with E-state index in [9.17, 15) is 4.79 Å². The van der Waals surface area contributed by atoms with E-state index in [1.807, 2.05) is 0 Å². The minimum Gasteiger partial charge on any atom is -0.350 e.